The molecule has 3 nitrogen and oxygen atoms in total. The Morgan fingerprint density at radius 3 is 2.68 bits per heavy atom. The van der Waals surface area contributed by atoms with Crippen molar-refractivity contribution >= 4 is 28.9 Å². The Hall–Kier alpha value is -1.14. The van der Waals surface area contributed by atoms with Crippen LogP contribution in [0, 0.1) is 0 Å². The van der Waals surface area contributed by atoms with Crippen molar-refractivity contribution < 1.29 is 14.3 Å². The molecular formula is C15H17IO3. The van der Waals surface area contributed by atoms with Crippen LogP contribution >= 0.6 is 22.6 Å². The number of benzene rings is 1. The molecule has 0 aromatic heterocycles. The molecule has 0 unspecified atom stereocenters. The van der Waals surface area contributed by atoms with Crippen LogP contribution in [0.3, 0.4) is 0 Å². The van der Waals surface area contributed by atoms with E-state index >= 15 is 0 Å². The Kier molecular flexibility index (Phi) is 8.16. The predicted molar refractivity (Wildman–Crippen MR) is 84.6 cm³/mol. The lowest BCUT2D eigenvalue weighted by Gasteiger charge is -2.04. The monoisotopic (exact) mass is 372 g/mol. The minimum Gasteiger partial charge on any atom is -0.497 e. The van der Waals surface area contributed by atoms with Crippen molar-refractivity contribution in [2.24, 2.45) is 0 Å². The lowest BCUT2D eigenvalue weighted by atomic mass is 10.2. The van der Waals surface area contributed by atoms with E-state index in [1.807, 2.05) is 30.3 Å². The Morgan fingerprint density at radius 2 is 2.05 bits per heavy atom. The molecule has 0 aliphatic rings. The van der Waals surface area contributed by atoms with Gasteiger partial charge in [0.1, 0.15) is 12.0 Å². The van der Waals surface area contributed by atoms with Crippen LogP contribution in [0.1, 0.15) is 12.0 Å². The lowest BCUT2D eigenvalue weighted by Crippen LogP contribution is -1.94. The molecule has 0 fully saturated rings. The van der Waals surface area contributed by atoms with Crippen LogP contribution in [0.15, 0.2) is 46.1 Å². The summed E-state index contributed by atoms with van der Waals surface area (Å²) in [5, 5.41) is 0. The van der Waals surface area contributed by atoms with Gasteiger partial charge in [0.2, 0.25) is 0 Å². The summed E-state index contributed by atoms with van der Waals surface area (Å²) in [6.07, 6.45) is 6.90. The van der Waals surface area contributed by atoms with Gasteiger partial charge < -0.3 is 9.47 Å². The molecule has 0 heterocycles. The molecule has 0 bridgehead atoms. The van der Waals surface area contributed by atoms with Crippen LogP contribution in [-0.2, 0) is 16.1 Å². The van der Waals surface area contributed by atoms with Gasteiger partial charge in [0.05, 0.1) is 20.3 Å². The van der Waals surface area contributed by atoms with Crippen molar-refractivity contribution in [1.82, 2.24) is 0 Å². The number of aldehydes is 1. The third-order valence-electron chi connectivity index (χ3n) is 2.36. The summed E-state index contributed by atoms with van der Waals surface area (Å²) < 4.78 is 11.7. The molecule has 4 heteroatoms. The fraction of sp³-hybridized carbons (Fsp3) is 0.267. The van der Waals surface area contributed by atoms with Gasteiger partial charge in [-0.2, -0.15) is 0 Å². The van der Waals surface area contributed by atoms with E-state index in [0.717, 1.165) is 27.6 Å². The van der Waals surface area contributed by atoms with Crippen molar-refractivity contribution in [3.63, 3.8) is 0 Å². The highest BCUT2D eigenvalue weighted by Crippen LogP contribution is 2.12. The second-order valence-corrected chi connectivity index (χ2v) is 5.02. The van der Waals surface area contributed by atoms with Crippen LogP contribution in [0.25, 0.3) is 0 Å². The lowest BCUT2D eigenvalue weighted by molar-refractivity contribution is -0.104. The molecule has 1 aromatic rings. The molecule has 0 aliphatic carbocycles. The van der Waals surface area contributed by atoms with Crippen molar-refractivity contribution in [1.29, 1.82) is 0 Å². The minimum absolute atomic E-state index is 0.596. The van der Waals surface area contributed by atoms with E-state index in [2.05, 4.69) is 22.6 Å². The summed E-state index contributed by atoms with van der Waals surface area (Å²) in [6, 6.07) is 7.83. The summed E-state index contributed by atoms with van der Waals surface area (Å²) in [6.45, 7) is 1.26. The van der Waals surface area contributed by atoms with Crippen LogP contribution in [0.5, 0.6) is 5.75 Å². The van der Waals surface area contributed by atoms with Crippen molar-refractivity contribution in [3.8, 4) is 5.75 Å². The third-order valence-corrected chi connectivity index (χ3v) is 3.16. The normalized spacial score (nSPS) is 11.8. The largest absolute Gasteiger partial charge is 0.497 e. The first-order valence-electron chi connectivity index (χ1n) is 5.94. The molecule has 1 rings (SSSR count). The van der Waals surface area contributed by atoms with Crippen LogP contribution in [0.2, 0.25) is 0 Å². The van der Waals surface area contributed by atoms with Gasteiger partial charge in [-0.1, -0.05) is 18.2 Å². The Labute approximate surface area is 127 Å². The zero-order valence-corrected chi connectivity index (χ0v) is 13.0. The van der Waals surface area contributed by atoms with Crippen molar-refractivity contribution in [2.75, 3.05) is 13.7 Å². The number of halogens is 1. The molecule has 19 heavy (non-hydrogen) atoms. The Balaban J connectivity index is 2.23. The first-order valence-corrected chi connectivity index (χ1v) is 7.02. The minimum atomic E-state index is 0.596. The van der Waals surface area contributed by atoms with Crippen molar-refractivity contribution in [2.45, 2.75) is 13.0 Å². The van der Waals surface area contributed by atoms with Gasteiger partial charge in [-0.05, 0) is 58.9 Å². The van der Waals surface area contributed by atoms with Crippen LogP contribution in [0.4, 0.5) is 0 Å². The molecule has 0 saturated carbocycles. The molecule has 0 spiro atoms. The average Bonchev–Trinajstić information content (AvgIpc) is 2.45. The zero-order valence-electron chi connectivity index (χ0n) is 10.8. The highest BCUT2D eigenvalue weighted by Gasteiger charge is 1.94. The molecular weight excluding hydrogens is 355 g/mol. The highest BCUT2D eigenvalue weighted by atomic mass is 127. The van der Waals surface area contributed by atoms with Gasteiger partial charge in [0.15, 0.2) is 0 Å². The summed E-state index contributed by atoms with van der Waals surface area (Å²) in [7, 11) is 1.65. The first-order chi connectivity index (χ1) is 9.26. The van der Waals surface area contributed by atoms with E-state index in [9.17, 15) is 4.79 Å². The van der Waals surface area contributed by atoms with E-state index in [4.69, 9.17) is 9.47 Å². The standard InChI is InChI=1S/C15H17IO3/c1-18-15-8-6-13(7-9-15)12-19-11-3-5-14(16)4-2-10-17/h2,4-10H,3,11-12H2,1H3/b4-2+,14-5-. The number of ether oxygens (including phenoxy) is 2. The summed E-state index contributed by atoms with van der Waals surface area (Å²) in [4.78, 5) is 10.1. The smallest absolute Gasteiger partial charge is 0.142 e. The summed E-state index contributed by atoms with van der Waals surface area (Å²) in [5.41, 5.74) is 1.13. The van der Waals surface area contributed by atoms with Crippen LogP contribution in [-0.4, -0.2) is 20.0 Å². The van der Waals surface area contributed by atoms with Gasteiger partial charge in [-0.15, -0.1) is 0 Å². The quantitative estimate of drug-likeness (QED) is 0.230. The van der Waals surface area contributed by atoms with Gasteiger partial charge in [0.25, 0.3) is 0 Å². The van der Waals surface area contributed by atoms with E-state index in [1.165, 1.54) is 6.08 Å². The zero-order chi connectivity index (χ0) is 13.9. The molecule has 0 N–H and O–H groups in total. The SMILES string of the molecule is COc1ccc(COCC/C=C(I)/C=C/C=O)cc1. The Morgan fingerprint density at radius 1 is 1.32 bits per heavy atom. The number of allylic oxidation sites excluding steroid dienone is 3. The van der Waals surface area contributed by atoms with E-state index in [-0.39, 0.29) is 0 Å². The molecule has 0 aliphatic heterocycles. The van der Waals surface area contributed by atoms with Gasteiger partial charge in [0, 0.05) is 3.58 Å². The average molecular weight is 372 g/mol. The fourth-order valence-electron chi connectivity index (χ4n) is 1.39. The maximum Gasteiger partial charge on any atom is 0.142 e. The predicted octanol–water partition coefficient (Wildman–Crippen LogP) is 3.68. The van der Waals surface area contributed by atoms with Crippen LogP contribution < -0.4 is 4.74 Å². The summed E-state index contributed by atoms with van der Waals surface area (Å²) >= 11 is 2.18. The first kappa shape index (κ1) is 15.9. The topological polar surface area (TPSA) is 35.5 Å². The number of carbonyl (C=O) groups is 1. The molecule has 1 aromatic carbocycles. The maximum atomic E-state index is 10.1. The number of rotatable bonds is 8. The fourth-order valence-corrected chi connectivity index (χ4v) is 1.91. The Bertz CT molecular complexity index is 435. The molecule has 0 amide bonds. The molecule has 0 saturated heterocycles. The molecule has 102 valence electrons. The number of hydrogen-bond acceptors (Lipinski definition) is 3. The second kappa shape index (κ2) is 9.75. The second-order valence-electron chi connectivity index (χ2n) is 3.77. The number of hydrogen-bond donors (Lipinski definition) is 0. The van der Waals surface area contributed by atoms with Gasteiger partial charge in [-0.25, -0.2) is 0 Å². The van der Waals surface area contributed by atoms with E-state index in [0.29, 0.717) is 13.2 Å². The number of carbonyl (C=O) groups excluding carboxylic acids is 1. The van der Waals surface area contributed by atoms with Gasteiger partial charge in [-0.3, -0.25) is 4.79 Å². The van der Waals surface area contributed by atoms with E-state index < -0.39 is 0 Å². The molecule has 0 radical (unpaired) electrons. The van der Waals surface area contributed by atoms with E-state index in [1.54, 1.807) is 13.2 Å². The highest BCUT2D eigenvalue weighted by molar-refractivity contribution is 14.1. The maximum absolute atomic E-state index is 10.1. The van der Waals surface area contributed by atoms with Gasteiger partial charge >= 0.3 is 0 Å². The summed E-state index contributed by atoms with van der Waals surface area (Å²) in [5.74, 6) is 0.850. The van der Waals surface area contributed by atoms with Crippen molar-refractivity contribution in [3.05, 3.63) is 51.6 Å². The number of methoxy groups -OCH3 is 1. The molecule has 0 atom stereocenters. The third kappa shape index (κ3) is 7.12.